The second kappa shape index (κ2) is 41.0. The maximum Gasteiger partial charge on any atom is 0.472 e. The van der Waals surface area contributed by atoms with Crippen molar-refractivity contribution in [2.45, 2.75) is 232 Å². The summed E-state index contributed by atoms with van der Waals surface area (Å²) in [5, 5.41) is 0. The Kier molecular flexibility index (Phi) is 40.4. The Labute approximate surface area is 348 Å². The zero-order chi connectivity index (χ0) is 41.3. The van der Waals surface area contributed by atoms with Crippen molar-refractivity contribution in [2.75, 3.05) is 54.1 Å². The third kappa shape index (κ3) is 44.3. The molecule has 0 saturated heterocycles. The minimum absolute atomic E-state index is 0.0907. The molecule has 0 aliphatic carbocycles. The van der Waals surface area contributed by atoms with Crippen molar-refractivity contribution in [3.05, 3.63) is 12.2 Å². The molecule has 1 N–H and O–H groups in total. The van der Waals surface area contributed by atoms with Gasteiger partial charge in [0.25, 0.3) is 0 Å². The van der Waals surface area contributed by atoms with Crippen molar-refractivity contribution in [2.24, 2.45) is 0 Å². The van der Waals surface area contributed by atoms with Crippen LogP contribution >= 0.6 is 7.82 Å². The number of quaternary nitrogens is 1. The van der Waals surface area contributed by atoms with Crippen LogP contribution in [0, 0.1) is 0 Å². The molecule has 9 heteroatoms. The van der Waals surface area contributed by atoms with Gasteiger partial charge in [-0.1, -0.05) is 199 Å². The fraction of sp³-hybridized carbons (Fsp3) is 0.936. The summed E-state index contributed by atoms with van der Waals surface area (Å²) in [5.41, 5.74) is 0. The second-order valence-electron chi connectivity index (χ2n) is 17.5. The first kappa shape index (κ1) is 55.2. The lowest BCUT2D eigenvalue weighted by molar-refractivity contribution is -0.870. The van der Waals surface area contributed by atoms with Crippen molar-refractivity contribution >= 4 is 13.8 Å². The number of hydrogen-bond donors (Lipinski definition) is 1. The molecule has 0 heterocycles. The number of ether oxygens (including phenoxy) is 2. The van der Waals surface area contributed by atoms with Crippen LogP contribution in [0.3, 0.4) is 0 Å². The smallest absolute Gasteiger partial charge is 0.457 e. The molecule has 0 aliphatic rings. The van der Waals surface area contributed by atoms with Gasteiger partial charge in [-0.3, -0.25) is 13.8 Å². The topological polar surface area (TPSA) is 91.3 Å². The van der Waals surface area contributed by atoms with E-state index in [4.69, 9.17) is 18.5 Å². The van der Waals surface area contributed by atoms with Gasteiger partial charge in [0.05, 0.1) is 34.4 Å². The van der Waals surface area contributed by atoms with Gasteiger partial charge in [0.1, 0.15) is 19.3 Å². The van der Waals surface area contributed by atoms with Gasteiger partial charge in [-0.25, -0.2) is 4.57 Å². The van der Waals surface area contributed by atoms with Crippen LogP contribution in [-0.2, 0) is 27.9 Å². The highest BCUT2D eigenvalue weighted by molar-refractivity contribution is 7.47. The summed E-state index contributed by atoms with van der Waals surface area (Å²) in [6.07, 6.45) is 45.4. The minimum atomic E-state index is -4.27. The summed E-state index contributed by atoms with van der Waals surface area (Å²) in [6.45, 7) is 5.62. The zero-order valence-corrected chi connectivity index (χ0v) is 38.8. The molecule has 0 radical (unpaired) electrons. The lowest BCUT2D eigenvalue weighted by Crippen LogP contribution is -2.37. The summed E-state index contributed by atoms with van der Waals surface area (Å²) in [6, 6.07) is 0. The summed E-state index contributed by atoms with van der Waals surface area (Å²) >= 11 is 0. The number of rotatable bonds is 45. The van der Waals surface area contributed by atoms with Crippen LogP contribution < -0.4 is 0 Å². The normalized spacial score (nSPS) is 13.8. The molecule has 2 unspecified atom stereocenters. The van der Waals surface area contributed by atoms with E-state index in [1.807, 2.05) is 21.1 Å². The Bertz CT molecular complexity index is 909. The van der Waals surface area contributed by atoms with Gasteiger partial charge in [-0.2, -0.15) is 0 Å². The van der Waals surface area contributed by atoms with Gasteiger partial charge in [0, 0.05) is 13.0 Å². The highest BCUT2D eigenvalue weighted by Gasteiger charge is 2.26. The van der Waals surface area contributed by atoms with Gasteiger partial charge < -0.3 is 18.9 Å². The molecule has 0 rings (SSSR count). The number of phosphoric ester groups is 1. The summed E-state index contributed by atoms with van der Waals surface area (Å²) in [7, 11) is 1.68. The van der Waals surface area contributed by atoms with Crippen molar-refractivity contribution in [3.63, 3.8) is 0 Å². The number of unbranched alkanes of at least 4 members (excludes halogenated alkanes) is 29. The van der Waals surface area contributed by atoms with Crippen LogP contribution in [-0.4, -0.2) is 75.6 Å². The Morgan fingerprint density at radius 1 is 0.536 bits per heavy atom. The Hall–Kier alpha value is -0.760. The summed E-state index contributed by atoms with van der Waals surface area (Å²) in [4.78, 5) is 22.9. The van der Waals surface area contributed by atoms with E-state index in [2.05, 4.69) is 26.0 Å². The van der Waals surface area contributed by atoms with E-state index in [0.29, 0.717) is 24.1 Å². The monoisotopic (exact) mass is 817 g/mol. The Morgan fingerprint density at radius 2 is 0.946 bits per heavy atom. The van der Waals surface area contributed by atoms with E-state index in [1.54, 1.807) is 0 Å². The molecule has 0 aromatic heterocycles. The van der Waals surface area contributed by atoms with Gasteiger partial charge in [-0.15, -0.1) is 0 Å². The average molecular weight is 817 g/mol. The number of likely N-dealkylation sites (N-methyl/N-ethyl adjacent to an activating group) is 1. The van der Waals surface area contributed by atoms with Crippen LogP contribution in [0.15, 0.2) is 12.2 Å². The van der Waals surface area contributed by atoms with Gasteiger partial charge in [0.2, 0.25) is 0 Å². The number of nitrogens with zero attached hydrogens (tertiary/aromatic N) is 1. The third-order valence-corrected chi connectivity index (χ3v) is 11.6. The van der Waals surface area contributed by atoms with Crippen LogP contribution in [0.25, 0.3) is 0 Å². The minimum Gasteiger partial charge on any atom is -0.457 e. The number of phosphoric acid groups is 1. The fourth-order valence-corrected chi connectivity index (χ4v) is 7.57. The maximum atomic E-state index is 12.7. The lowest BCUT2D eigenvalue weighted by Gasteiger charge is -2.24. The van der Waals surface area contributed by atoms with Gasteiger partial charge >= 0.3 is 13.8 Å². The molecule has 0 aliphatic heterocycles. The maximum absolute atomic E-state index is 12.7. The van der Waals surface area contributed by atoms with Crippen molar-refractivity contribution in [3.8, 4) is 0 Å². The standard InChI is InChI=1S/C47H94NO7P/c1-6-8-10-12-14-16-18-20-21-22-23-24-25-26-27-28-29-30-32-34-36-38-40-47(49)55-46(45-54-56(50,51)53-43-41-48(3,4)5)44-52-42-39-37-35-33-31-19-17-15-13-11-9-7-2/h13,15,46H,6-12,14,16-45H2,1-5H3/p+1/b15-13-. The molecule has 2 atom stereocenters. The zero-order valence-electron chi connectivity index (χ0n) is 37.9. The van der Waals surface area contributed by atoms with E-state index in [-0.39, 0.29) is 25.8 Å². The van der Waals surface area contributed by atoms with Gasteiger partial charge in [0.15, 0.2) is 0 Å². The van der Waals surface area contributed by atoms with E-state index >= 15 is 0 Å². The number of carbonyl (C=O) groups excluding carboxylic acids is 1. The van der Waals surface area contributed by atoms with Crippen LogP contribution in [0.4, 0.5) is 0 Å². The molecule has 0 spiro atoms. The number of esters is 1. The molecule has 0 bridgehead atoms. The molecule has 0 fully saturated rings. The largest absolute Gasteiger partial charge is 0.472 e. The summed E-state index contributed by atoms with van der Waals surface area (Å²) in [5.74, 6) is -0.311. The predicted molar refractivity (Wildman–Crippen MR) is 238 cm³/mol. The van der Waals surface area contributed by atoms with E-state index < -0.39 is 13.9 Å². The van der Waals surface area contributed by atoms with Crippen LogP contribution in [0.1, 0.15) is 226 Å². The van der Waals surface area contributed by atoms with Gasteiger partial charge in [-0.05, 0) is 32.1 Å². The highest BCUT2D eigenvalue weighted by atomic mass is 31.2. The fourth-order valence-electron chi connectivity index (χ4n) is 6.83. The third-order valence-electron chi connectivity index (χ3n) is 10.6. The van der Waals surface area contributed by atoms with E-state index in [0.717, 1.165) is 32.1 Å². The quantitative estimate of drug-likeness (QED) is 0.0215. The SMILES string of the molecule is CCCC/C=C\CCCCCCCCOCC(COP(=O)(O)OCC[N+](C)(C)C)OC(=O)CCCCCCCCCCCCCCCCCCCCCCCC. The number of allylic oxidation sites excluding steroid dienone is 2. The molecular weight excluding hydrogens is 721 g/mol. The van der Waals surface area contributed by atoms with Crippen molar-refractivity contribution in [1.82, 2.24) is 0 Å². The van der Waals surface area contributed by atoms with Crippen LogP contribution in [0.5, 0.6) is 0 Å². The average Bonchev–Trinajstić information content (AvgIpc) is 3.15. The molecule has 0 aromatic carbocycles. The lowest BCUT2D eigenvalue weighted by atomic mass is 10.0. The van der Waals surface area contributed by atoms with Crippen molar-refractivity contribution in [1.29, 1.82) is 0 Å². The molecule has 8 nitrogen and oxygen atoms in total. The molecule has 334 valence electrons. The van der Waals surface area contributed by atoms with Crippen LogP contribution in [0.2, 0.25) is 0 Å². The number of hydrogen-bond acceptors (Lipinski definition) is 6. The van der Waals surface area contributed by atoms with Crippen molar-refractivity contribution < 1.29 is 37.3 Å². The first-order valence-corrected chi connectivity index (χ1v) is 25.4. The molecule has 0 aromatic rings. The number of carbonyl (C=O) groups is 1. The van der Waals surface area contributed by atoms with E-state index in [1.165, 1.54) is 173 Å². The first-order chi connectivity index (χ1) is 27.1. The Morgan fingerprint density at radius 3 is 1.41 bits per heavy atom. The summed E-state index contributed by atoms with van der Waals surface area (Å²) < 4.78 is 35.0. The predicted octanol–water partition coefficient (Wildman–Crippen LogP) is 14.2. The Balaban J connectivity index is 4.07. The second-order valence-corrected chi connectivity index (χ2v) is 19.0. The first-order valence-electron chi connectivity index (χ1n) is 23.9. The molecular formula is C47H95NO7P+. The molecule has 56 heavy (non-hydrogen) atoms. The molecule has 0 amide bonds. The van der Waals surface area contributed by atoms with E-state index in [9.17, 15) is 14.3 Å². The highest BCUT2D eigenvalue weighted by Crippen LogP contribution is 2.43. The molecule has 0 saturated carbocycles.